The fourth-order valence-electron chi connectivity index (χ4n) is 2.28. The predicted octanol–water partition coefficient (Wildman–Crippen LogP) is 2.10. The second-order valence-electron chi connectivity index (χ2n) is 4.87. The van der Waals surface area contributed by atoms with Gasteiger partial charge < -0.3 is 10.2 Å². The number of rotatable bonds is 4. The van der Waals surface area contributed by atoms with Gasteiger partial charge in [-0.15, -0.1) is 0 Å². The lowest BCUT2D eigenvalue weighted by Gasteiger charge is -2.36. The first-order valence-corrected chi connectivity index (χ1v) is 7.38. The molecular formula is C14H22BrN3. The molecule has 100 valence electrons. The van der Waals surface area contributed by atoms with Gasteiger partial charge in [0.25, 0.3) is 0 Å². The van der Waals surface area contributed by atoms with Crippen molar-refractivity contribution in [1.82, 2.24) is 10.2 Å². The smallest absolute Gasteiger partial charge is 0.0378 e. The van der Waals surface area contributed by atoms with Gasteiger partial charge in [-0.1, -0.05) is 22.0 Å². The SMILES string of the molecule is CNCCN1CCN(c2ccc(C)c(Br)c2)CC1. The molecule has 1 heterocycles. The minimum absolute atomic E-state index is 1.08. The zero-order valence-corrected chi connectivity index (χ0v) is 12.8. The lowest BCUT2D eigenvalue weighted by molar-refractivity contribution is 0.260. The van der Waals surface area contributed by atoms with Gasteiger partial charge in [0.1, 0.15) is 0 Å². The third kappa shape index (κ3) is 3.46. The second-order valence-corrected chi connectivity index (χ2v) is 5.72. The molecule has 0 amide bonds. The Morgan fingerprint density at radius 3 is 2.56 bits per heavy atom. The first-order chi connectivity index (χ1) is 8.70. The summed E-state index contributed by atoms with van der Waals surface area (Å²) in [7, 11) is 2.01. The summed E-state index contributed by atoms with van der Waals surface area (Å²) in [4.78, 5) is 5.00. The van der Waals surface area contributed by atoms with Crippen LogP contribution in [0, 0.1) is 6.92 Å². The van der Waals surface area contributed by atoms with Crippen LogP contribution in [0.4, 0.5) is 5.69 Å². The summed E-state index contributed by atoms with van der Waals surface area (Å²) in [6.07, 6.45) is 0. The number of hydrogen-bond donors (Lipinski definition) is 1. The monoisotopic (exact) mass is 311 g/mol. The van der Waals surface area contributed by atoms with Crippen molar-refractivity contribution < 1.29 is 0 Å². The van der Waals surface area contributed by atoms with E-state index in [2.05, 4.69) is 56.2 Å². The molecule has 1 aromatic carbocycles. The summed E-state index contributed by atoms with van der Waals surface area (Å²) >= 11 is 3.61. The van der Waals surface area contributed by atoms with Gasteiger partial charge >= 0.3 is 0 Å². The highest BCUT2D eigenvalue weighted by Gasteiger charge is 2.16. The highest BCUT2D eigenvalue weighted by Crippen LogP contribution is 2.24. The summed E-state index contributed by atoms with van der Waals surface area (Å²) in [6.45, 7) is 8.93. The maximum atomic E-state index is 3.61. The number of nitrogens with zero attached hydrogens (tertiary/aromatic N) is 2. The molecule has 1 aromatic rings. The van der Waals surface area contributed by atoms with Gasteiger partial charge in [0.15, 0.2) is 0 Å². The van der Waals surface area contributed by atoms with Gasteiger partial charge in [-0.2, -0.15) is 0 Å². The number of piperazine rings is 1. The zero-order chi connectivity index (χ0) is 13.0. The van der Waals surface area contributed by atoms with Crippen LogP contribution >= 0.6 is 15.9 Å². The average molecular weight is 312 g/mol. The van der Waals surface area contributed by atoms with Crippen LogP contribution in [0.2, 0.25) is 0 Å². The average Bonchev–Trinajstić information content (AvgIpc) is 2.40. The third-order valence-electron chi connectivity index (χ3n) is 3.57. The first kappa shape index (κ1) is 13.8. The molecule has 0 atom stereocenters. The molecule has 0 bridgehead atoms. The number of aryl methyl sites for hydroxylation is 1. The molecule has 1 aliphatic rings. The van der Waals surface area contributed by atoms with Gasteiger partial charge in [0.2, 0.25) is 0 Å². The normalized spacial score (nSPS) is 17.2. The van der Waals surface area contributed by atoms with E-state index in [-0.39, 0.29) is 0 Å². The number of likely N-dealkylation sites (N-methyl/N-ethyl adjacent to an activating group) is 1. The molecule has 0 aliphatic carbocycles. The van der Waals surface area contributed by atoms with Crippen LogP contribution in [-0.4, -0.2) is 51.2 Å². The fourth-order valence-corrected chi connectivity index (χ4v) is 2.64. The summed E-state index contributed by atoms with van der Waals surface area (Å²) in [5.41, 5.74) is 2.63. The van der Waals surface area contributed by atoms with Crippen molar-refractivity contribution in [3.63, 3.8) is 0 Å². The van der Waals surface area contributed by atoms with Crippen molar-refractivity contribution in [3.05, 3.63) is 28.2 Å². The molecule has 3 nitrogen and oxygen atoms in total. The molecule has 0 unspecified atom stereocenters. The Morgan fingerprint density at radius 1 is 1.22 bits per heavy atom. The number of hydrogen-bond acceptors (Lipinski definition) is 3. The first-order valence-electron chi connectivity index (χ1n) is 6.59. The molecule has 18 heavy (non-hydrogen) atoms. The zero-order valence-electron chi connectivity index (χ0n) is 11.2. The molecule has 1 N–H and O–H groups in total. The van der Waals surface area contributed by atoms with E-state index in [1.165, 1.54) is 15.7 Å². The maximum Gasteiger partial charge on any atom is 0.0378 e. The van der Waals surface area contributed by atoms with Crippen LogP contribution in [0.1, 0.15) is 5.56 Å². The summed E-state index contributed by atoms with van der Waals surface area (Å²) in [6, 6.07) is 6.65. The van der Waals surface area contributed by atoms with Crippen LogP contribution in [0.25, 0.3) is 0 Å². The van der Waals surface area contributed by atoms with Crippen molar-refractivity contribution in [2.24, 2.45) is 0 Å². The molecule has 0 aromatic heterocycles. The van der Waals surface area contributed by atoms with Gasteiger partial charge in [-0.25, -0.2) is 0 Å². The highest BCUT2D eigenvalue weighted by molar-refractivity contribution is 9.10. The van der Waals surface area contributed by atoms with E-state index in [0.717, 1.165) is 39.3 Å². The van der Waals surface area contributed by atoms with Gasteiger partial charge in [-0.3, -0.25) is 4.90 Å². The van der Waals surface area contributed by atoms with E-state index < -0.39 is 0 Å². The molecule has 0 radical (unpaired) electrons. The summed E-state index contributed by atoms with van der Waals surface area (Å²) in [5, 5.41) is 3.21. The molecule has 4 heteroatoms. The topological polar surface area (TPSA) is 18.5 Å². The van der Waals surface area contributed by atoms with Crippen molar-refractivity contribution in [1.29, 1.82) is 0 Å². The molecule has 2 rings (SSSR count). The third-order valence-corrected chi connectivity index (χ3v) is 4.43. The Hall–Kier alpha value is -0.580. The molecule has 1 saturated heterocycles. The Morgan fingerprint density at radius 2 is 1.94 bits per heavy atom. The van der Waals surface area contributed by atoms with Crippen LogP contribution in [0.15, 0.2) is 22.7 Å². The standard InChI is InChI=1S/C14H22BrN3/c1-12-3-4-13(11-14(12)15)18-9-7-17(8-10-18)6-5-16-2/h3-4,11,16H,5-10H2,1-2H3. The van der Waals surface area contributed by atoms with E-state index >= 15 is 0 Å². The fraction of sp³-hybridized carbons (Fsp3) is 0.571. The molecule has 1 fully saturated rings. The van der Waals surface area contributed by atoms with Crippen LogP contribution in [0.5, 0.6) is 0 Å². The summed E-state index contributed by atoms with van der Waals surface area (Å²) in [5.74, 6) is 0. The van der Waals surface area contributed by atoms with Crippen molar-refractivity contribution >= 4 is 21.6 Å². The minimum atomic E-state index is 1.08. The van der Waals surface area contributed by atoms with E-state index in [4.69, 9.17) is 0 Å². The maximum absolute atomic E-state index is 3.61. The van der Waals surface area contributed by atoms with E-state index in [1.807, 2.05) is 7.05 Å². The quantitative estimate of drug-likeness (QED) is 0.918. The Bertz CT molecular complexity index is 387. The minimum Gasteiger partial charge on any atom is -0.369 e. The molecule has 0 spiro atoms. The Labute approximate surface area is 118 Å². The van der Waals surface area contributed by atoms with Crippen LogP contribution < -0.4 is 10.2 Å². The van der Waals surface area contributed by atoms with Crippen molar-refractivity contribution in [3.8, 4) is 0 Å². The molecule has 1 aliphatic heterocycles. The summed E-state index contributed by atoms with van der Waals surface area (Å²) < 4.78 is 1.21. The predicted molar refractivity (Wildman–Crippen MR) is 81.5 cm³/mol. The number of halogens is 1. The van der Waals surface area contributed by atoms with Gasteiger partial charge in [0.05, 0.1) is 0 Å². The van der Waals surface area contributed by atoms with Gasteiger partial charge in [0, 0.05) is 49.4 Å². The highest BCUT2D eigenvalue weighted by atomic mass is 79.9. The molecular weight excluding hydrogens is 290 g/mol. The van der Waals surface area contributed by atoms with Crippen molar-refractivity contribution in [2.45, 2.75) is 6.92 Å². The Kier molecular flexibility index (Phi) is 5.03. The largest absolute Gasteiger partial charge is 0.369 e. The number of anilines is 1. The second kappa shape index (κ2) is 6.55. The number of benzene rings is 1. The lowest BCUT2D eigenvalue weighted by atomic mass is 10.2. The van der Waals surface area contributed by atoms with E-state index in [9.17, 15) is 0 Å². The van der Waals surface area contributed by atoms with Crippen LogP contribution in [-0.2, 0) is 0 Å². The number of nitrogens with one attached hydrogen (secondary N) is 1. The van der Waals surface area contributed by atoms with E-state index in [0.29, 0.717) is 0 Å². The van der Waals surface area contributed by atoms with Crippen molar-refractivity contribution in [2.75, 3.05) is 51.2 Å². The van der Waals surface area contributed by atoms with Crippen LogP contribution in [0.3, 0.4) is 0 Å². The Balaban J connectivity index is 1.90. The van der Waals surface area contributed by atoms with Gasteiger partial charge in [-0.05, 0) is 31.7 Å². The molecule has 0 saturated carbocycles. The van der Waals surface area contributed by atoms with E-state index in [1.54, 1.807) is 0 Å². The lowest BCUT2D eigenvalue weighted by Crippen LogP contribution is -2.48.